The van der Waals surface area contributed by atoms with Crippen molar-refractivity contribution in [1.82, 2.24) is 5.32 Å². The third-order valence-electron chi connectivity index (χ3n) is 3.78. The summed E-state index contributed by atoms with van der Waals surface area (Å²) in [5, 5.41) is 5.94. The minimum atomic E-state index is -0.197. The quantitative estimate of drug-likeness (QED) is 0.736. The van der Waals surface area contributed by atoms with Crippen LogP contribution in [0.4, 0.5) is 5.69 Å². The van der Waals surface area contributed by atoms with E-state index in [4.69, 9.17) is 5.73 Å². The van der Waals surface area contributed by atoms with Crippen molar-refractivity contribution < 1.29 is 4.79 Å². The van der Waals surface area contributed by atoms with Gasteiger partial charge in [-0.05, 0) is 29.2 Å². The van der Waals surface area contributed by atoms with Crippen LogP contribution in [-0.4, -0.2) is 19.0 Å². The first-order valence-corrected chi connectivity index (χ1v) is 7.97. The van der Waals surface area contributed by atoms with E-state index in [1.54, 1.807) is 0 Å². The molecular formula is C19H25N3O. The van der Waals surface area contributed by atoms with Gasteiger partial charge in [-0.2, -0.15) is 0 Å². The molecule has 0 aliphatic heterocycles. The Labute approximate surface area is 138 Å². The maximum absolute atomic E-state index is 11.9. The van der Waals surface area contributed by atoms with Crippen LogP contribution >= 0.6 is 0 Å². The Balaban J connectivity index is 1.77. The number of hydrogen-bond donors (Lipinski definition) is 3. The van der Waals surface area contributed by atoms with E-state index in [0.717, 1.165) is 11.3 Å². The van der Waals surface area contributed by atoms with Gasteiger partial charge in [0.25, 0.3) is 0 Å². The molecule has 1 atom stereocenters. The van der Waals surface area contributed by atoms with Crippen LogP contribution < -0.4 is 16.4 Å². The molecule has 122 valence electrons. The highest BCUT2D eigenvalue weighted by Gasteiger charge is 2.09. The van der Waals surface area contributed by atoms with Gasteiger partial charge in [0.2, 0.25) is 5.91 Å². The van der Waals surface area contributed by atoms with Gasteiger partial charge in [-0.3, -0.25) is 4.79 Å². The maximum Gasteiger partial charge on any atom is 0.239 e. The number of rotatable bonds is 7. The number of benzene rings is 2. The van der Waals surface area contributed by atoms with Gasteiger partial charge in [0.05, 0.1) is 6.54 Å². The molecule has 1 unspecified atom stereocenters. The molecule has 2 aromatic rings. The second-order valence-electron chi connectivity index (χ2n) is 5.95. The Morgan fingerprint density at radius 2 is 1.61 bits per heavy atom. The van der Waals surface area contributed by atoms with Crippen LogP contribution in [0.3, 0.4) is 0 Å². The fraction of sp³-hybridized carbons (Fsp3) is 0.316. The second kappa shape index (κ2) is 8.34. The molecule has 0 saturated heterocycles. The third-order valence-corrected chi connectivity index (χ3v) is 3.78. The van der Waals surface area contributed by atoms with Crippen molar-refractivity contribution in [3.05, 3.63) is 65.7 Å². The Morgan fingerprint density at radius 3 is 2.22 bits per heavy atom. The molecule has 0 aliphatic rings. The minimum absolute atomic E-state index is 0.0666. The highest BCUT2D eigenvalue weighted by molar-refractivity contribution is 5.80. The molecule has 0 aliphatic carbocycles. The molecule has 0 saturated carbocycles. The van der Waals surface area contributed by atoms with E-state index in [9.17, 15) is 4.79 Å². The third kappa shape index (κ3) is 5.42. The molecular weight excluding hydrogens is 286 g/mol. The van der Waals surface area contributed by atoms with Gasteiger partial charge in [-0.25, -0.2) is 0 Å². The van der Waals surface area contributed by atoms with Gasteiger partial charge in [0.1, 0.15) is 0 Å². The summed E-state index contributed by atoms with van der Waals surface area (Å²) in [6.45, 7) is 4.99. The summed E-state index contributed by atoms with van der Waals surface area (Å²) in [7, 11) is 0. The normalized spacial score (nSPS) is 12.0. The van der Waals surface area contributed by atoms with Crippen molar-refractivity contribution in [2.45, 2.75) is 25.8 Å². The molecule has 4 nitrogen and oxygen atoms in total. The van der Waals surface area contributed by atoms with Gasteiger partial charge >= 0.3 is 0 Å². The number of amides is 1. The fourth-order valence-electron chi connectivity index (χ4n) is 2.27. The van der Waals surface area contributed by atoms with Crippen molar-refractivity contribution in [3.63, 3.8) is 0 Å². The number of anilines is 1. The van der Waals surface area contributed by atoms with Crippen LogP contribution in [-0.2, 0) is 4.79 Å². The lowest BCUT2D eigenvalue weighted by molar-refractivity contribution is -0.119. The number of nitrogens with two attached hydrogens (primary N) is 1. The lowest BCUT2D eigenvalue weighted by Gasteiger charge is -2.15. The summed E-state index contributed by atoms with van der Waals surface area (Å²) in [6.07, 6.45) is 0. The Bertz CT molecular complexity index is 608. The molecule has 0 aromatic heterocycles. The number of carbonyl (C=O) groups is 1. The summed E-state index contributed by atoms with van der Waals surface area (Å²) in [5.41, 5.74) is 9.39. The zero-order chi connectivity index (χ0) is 16.7. The molecule has 0 spiro atoms. The van der Waals surface area contributed by atoms with Crippen LogP contribution in [0.2, 0.25) is 0 Å². The van der Waals surface area contributed by atoms with Gasteiger partial charge < -0.3 is 16.4 Å². The number of hydrogen-bond acceptors (Lipinski definition) is 3. The summed E-state index contributed by atoms with van der Waals surface area (Å²) >= 11 is 0. The average molecular weight is 311 g/mol. The first-order chi connectivity index (χ1) is 11.1. The Morgan fingerprint density at radius 1 is 1.00 bits per heavy atom. The maximum atomic E-state index is 11.9. The largest absolute Gasteiger partial charge is 0.376 e. The van der Waals surface area contributed by atoms with Gasteiger partial charge in [-0.1, -0.05) is 56.3 Å². The zero-order valence-corrected chi connectivity index (χ0v) is 13.8. The van der Waals surface area contributed by atoms with Crippen LogP contribution in [0.25, 0.3) is 0 Å². The van der Waals surface area contributed by atoms with Crippen LogP contribution in [0.15, 0.2) is 54.6 Å². The van der Waals surface area contributed by atoms with Crippen molar-refractivity contribution in [2.75, 3.05) is 18.4 Å². The Hall–Kier alpha value is -2.33. The minimum Gasteiger partial charge on any atom is -0.376 e. The van der Waals surface area contributed by atoms with E-state index < -0.39 is 0 Å². The summed E-state index contributed by atoms with van der Waals surface area (Å²) in [5.74, 6) is 0.437. The SMILES string of the molecule is CC(C)c1ccc(C(N)CNC(=O)CNc2ccccc2)cc1. The van der Waals surface area contributed by atoms with Crippen molar-refractivity contribution in [3.8, 4) is 0 Å². The van der Waals surface area contributed by atoms with Gasteiger partial charge in [-0.15, -0.1) is 0 Å². The van der Waals surface area contributed by atoms with E-state index in [1.807, 2.05) is 42.5 Å². The standard InChI is InChI=1S/C19H25N3O/c1-14(2)15-8-10-16(11-9-15)18(20)12-22-19(23)13-21-17-6-4-3-5-7-17/h3-11,14,18,21H,12-13,20H2,1-2H3,(H,22,23). The van der Waals surface area contributed by atoms with Crippen LogP contribution in [0.5, 0.6) is 0 Å². The van der Waals surface area contributed by atoms with Crippen molar-refractivity contribution in [2.24, 2.45) is 5.73 Å². The Kier molecular flexibility index (Phi) is 6.18. The molecule has 23 heavy (non-hydrogen) atoms. The van der Waals surface area contributed by atoms with Crippen LogP contribution in [0, 0.1) is 0 Å². The second-order valence-corrected chi connectivity index (χ2v) is 5.95. The van der Waals surface area contributed by atoms with E-state index >= 15 is 0 Å². The molecule has 1 amide bonds. The smallest absolute Gasteiger partial charge is 0.239 e. The molecule has 2 aromatic carbocycles. The molecule has 0 radical (unpaired) electrons. The molecule has 2 rings (SSSR count). The molecule has 4 N–H and O–H groups in total. The lowest BCUT2D eigenvalue weighted by atomic mass is 9.99. The predicted octanol–water partition coefficient (Wildman–Crippen LogP) is 3.04. The van der Waals surface area contributed by atoms with E-state index in [1.165, 1.54) is 5.56 Å². The fourth-order valence-corrected chi connectivity index (χ4v) is 2.27. The number of nitrogens with one attached hydrogen (secondary N) is 2. The summed E-state index contributed by atoms with van der Waals surface area (Å²) in [6, 6.07) is 17.7. The number of carbonyl (C=O) groups excluding carboxylic acids is 1. The van der Waals surface area contributed by atoms with Gasteiger partial charge in [0, 0.05) is 18.3 Å². The van der Waals surface area contributed by atoms with Crippen molar-refractivity contribution >= 4 is 11.6 Å². The predicted molar refractivity (Wildman–Crippen MR) is 95.4 cm³/mol. The summed E-state index contributed by atoms with van der Waals surface area (Å²) in [4.78, 5) is 11.9. The zero-order valence-electron chi connectivity index (χ0n) is 13.8. The molecule has 0 fully saturated rings. The van der Waals surface area contributed by atoms with Crippen molar-refractivity contribution in [1.29, 1.82) is 0 Å². The first-order valence-electron chi connectivity index (χ1n) is 7.97. The highest BCUT2D eigenvalue weighted by atomic mass is 16.1. The highest BCUT2D eigenvalue weighted by Crippen LogP contribution is 2.17. The van der Waals surface area contributed by atoms with Crippen LogP contribution in [0.1, 0.15) is 36.9 Å². The molecule has 0 bridgehead atoms. The van der Waals surface area contributed by atoms with Gasteiger partial charge in [0.15, 0.2) is 0 Å². The first kappa shape index (κ1) is 17.0. The average Bonchev–Trinajstić information content (AvgIpc) is 2.58. The monoisotopic (exact) mass is 311 g/mol. The molecule has 0 heterocycles. The summed E-state index contributed by atoms with van der Waals surface area (Å²) < 4.78 is 0. The van der Waals surface area contributed by atoms with E-state index in [2.05, 4.69) is 36.6 Å². The lowest BCUT2D eigenvalue weighted by Crippen LogP contribution is -2.35. The van der Waals surface area contributed by atoms with E-state index in [0.29, 0.717) is 12.5 Å². The van der Waals surface area contributed by atoms with E-state index in [-0.39, 0.29) is 18.5 Å². The molecule has 4 heteroatoms. The number of para-hydroxylation sites is 1. The topological polar surface area (TPSA) is 67.1 Å².